The predicted octanol–water partition coefficient (Wildman–Crippen LogP) is 2.42. The molecule has 0 aliphatic heterocycles. The monoisotopic (exact) mass is 311 g/mol. The SMILES string of the molecule is CC(C)CCOc1ccc(NC(=O)c2ccc(C#N)cn2)nn1. The Morgan fingerprint density at radius 2 is 2.13 bits per heavy atom. The van der Waals surface area contributed by atoms with E-state index < -0.39 is 5.91 Å². The van der Waals surface area contributed by atoms with Crippen molar-refractivity contribution >= 4 is 11.7 Å². The Kier molecular flexibility index (Phi) is 5.58. The lowest BCUT2D eigenvalue weighted by atomic mass is 10.1. The Balaban J connectivity index is 1.92. The van der Waals surface area contributed by atoms with E-state index in [1.165, 1.54) is 18.3 Å². The highest BCUT2D eigenvalue weighted by Crippen LogP contribution is 2.11. The average molecular weight is 311 g/mol. The number of hydrogen-bond donors (Lipinski definition) is 1. The van der Waals surface area contributed by atoms with Crippen LogP contribution in [0.1, 0.15) is 36.3 Å². The highest BCUT2D eigenvalue weighted by Gasteiger charge is 2.09. The Labute approximate surface area is 134 Å². The van der Waals surface area contributed by atoms with E-state index >= 15 is 0 Å². The van der Waals surface area contributed by atoms with Crippen LogP contribution in [0.5, 0.6) is 5.88 Å². The van der Waals surface area contributed by atoms with Crippen molar-refractivity contribution in [1.29, 1.82) is 5.26 Å². The zero-order valence-electron chi connectivity index (χ0n) is 13.0. The van der Waals surface area contributed by atoms with Gasteiger partial charge < -0.3 is 10.1 Å². The van der Waals surface area contributed by atoms with Gasteiger partial charge in [0.1, 0.15) is 11.8 Å². The number of rotatable bonds is 6. The Bertz CT molecular complexity index is 690. The normalized spacial score (nSPS) is 10.2. The van der Waals surface area contributed by atoms with E-state index in [4.69, 9.17) is 10.00 Å². The number of nitrogens with one attached hydrogen (secondary N) is 1. The maximum atomic E-state index is 12.0. The average Bonchev–Trinajstić information content (AvgIpc) is 2.56. The summed E-state index contributed by atoms with van der Waals surface area (Å²) in [5.74, 6) is 0.858. The van der Waals surface area contributed by atoms with E-state index in [0.717, 1.165) is 6.42 Å². The van der Waals surface area contributed by atoms with Gasteiger partial charge in [0.15, 0.2) is 5.82 Å². The minimum atomic E-state index is -0.419. The van der Waals surface area contributed by atoms with Crippen LogP contribution in [0.4, 0.5) is 5.82 Å². The van der Waals surface area contributed by atoms with E-state index in [2.05, 4.69) is 34.3 Å². The summed E-state index contributed by atoms with van der Waals surface area (Å²) in [5.41, 5.74) is 0.590. The number of anilines is 1. The Morgan fingerprint density at radius 3 is 2.70 bits per heavy atom. The fourth-order valence-electron chi connectivity index (χ4n) is 1.64. The van der Waals surface area contributed by atoms with Gasteiger partial charge in [-0.15, -0.1) is 10.2 Å². The summed E-state index contributed by atoms with van der Waals surface area (Å²) < 4.78 is 5.46. The van der Waals surface area contributed by atoms with Gasteiger partial charge in [-0.05, 0) is 30.5 Å². The molecule has 118 valence electrons. The molecule has 7 heteroatoms. The van der Waals surface area contributed by atoms with E-state index in [9.17, 15) is 4.79 Å². The van der Waals surface area contributed by atoms with E-state index in [1.807, 2.05) is 6.07 Å². The molecule has 0 unspecified atom stereocenters. The van der Waals surface area contributed by atoms with Gasteiger partial charge in [-0.25, -0.2) is 4.98 Å². The quantitative estimate of drug-likeness (QED) is 0.879. The van der Waals surface area contributed by atoms with Gasteiger partial charge in [0.25, 0.3) is 5.91 Å². The van der Waals surface area contributed by atoms with Gasteiger partial charge in [0.2, 0.25) is 5.88 Å². The molecule has 0 aliphatic carbocycles. The first-order valence-corrected chi connectivity index (χ1v) is 7.22. The zero-order valence-corrected chi connectivity index (χ0v) is 13.0. The molecule has 2 aromatic rings. The largest absolute Gasteiger partial charge is 0.477 e. The fourth-order valence-corrected chi connectivity index (χ4v) is 1.64. The van der Waals surface area contributed by atoms with Gasteiger partial charge in [-0.2, -0.15) is 5.26 Å². The van der Waals surface area contributed by atoms with Crippen molar-refractivity contribution in [2.45, 2.75) is 20.3 Å². The van der Waals surface area contributed by atoms with Crippen molar-refractivity contribution in [3.05, 3.63) is 41.7 Å². The molecular formula is C16H17N5O2. The van der Waals surface area contributed by atoms with Crippen LogP contribution in [-0.2, 0) is 0 Å². The Hall–Kier alpha value is -3.01. The number of carbonyl (C=O) groups excluding carboxylic acids is 1. The molecule has 0 aromatic carbocycles. The minimum absolute atomic E-state index is 0.197. The Morgan fingerprint density at radius 1 is 1.30 bits per heavy atom. The van der Waals surface area contributed by atoms with E-state index in [1.54, 1.807) is 12.1 Å². The van der Waals surface area contributed by atoms with Gasteiger partial charge in [-0.1, -0.05) is 13.8 Å². The summed E-state index contributed by atoms with van der Waals surface area (Å²) in [7, 11) is 0. The number of amides is 1. The lowest BCUT2D eigenvalue weighted by Gasteiger charge is -2.07. The third-order valence-corrected chi connectivity index (χ3v) is 2.95. The van der Waals surface area contributed by atoms with Crippen molar-refractivity contribution in [2.24, 2.45) is 5.92 Å². The molecule has 2 aromatic heterocycles. The number of hydrogen-bond acceptors (Lipinski definition) is 6. The topological polar surface area (TPSA) is 101 Å². The third-order valence-electron chi connectivity index (χ3n) is 2.95. The molecule has 0 saturated heterocycles. The van der Waals surface area contributed by atoms with Crippen LogP contribution in [0.15, 0.2) is 30.5 Å². The first-order valence-electron chi connectivity index (χ1n) is 7.22. The third kappa shape index (κ3) is 5.04. The van der Waals surface area contributed by atoms with Crippen LogP contribution in [0.3, 0.4) is 0 Å². The zero-order chi connectivity index (χ0) is 16.7. The van der Waals surface area contributed by atoms with Crippen molar-refractivity contribution in [1.82, 2.24) is 15.2 Å². The van der Waals surface area contributed by atoms with Crippen molar-refractivity contribution < 1.29 is 9.53 Å². The molecule has 0 aliphatic rings. The lowest BCUT2D eigenvalue weighted by molar-refractivity contribution is 0.102. The highest BCUT2D eigenvalue weighted by molar-refractivity contribution is 6.02. The second kappa shape index (κ2) is 7.84. The van der Waals surface area contributed by atoms with Crippen LogP contribution in [-0.4, -0.2) is 27.7 Å². The smallest absolute Gasteiger partial charge is 0.275 e. The number of aromatic nitrogens is 3. The summed E-state index contributed by atoms with van der Waals surface area (Å²) in [6, 6.07) is 8.20. The fraction of sp³-hybridized carbons (Fsp3) is 0.312. The standard InChI is InChI=1S/C16H17N5O2/c1-11(2)7-8-23-15-6-5-14(20-21-15)19-16(22)13-4-3-12(9-17)10-18-13/h3-6,10-11H,7-8H2,1-2H3,(H,19,20,22). The molecule has 2 rings (SSSR count). The van der Waals surface area contributed by atoms with Crippen LogP contribution in [0.2, 0.25) is 0 Å². The number of nitriles is 1. The van der Waals surface area contributed by atoms with Crippen LogP contribution in [0, 0.1) is 17.2 Å². The van der Waals surface area contributed by atoms with E-state index in [-0.39, 0.29) is 5.69 Å². The maximum Gasteiger partial charge on any atom is 0.275 e. The van der Waals surface area contributed by atoms with Crippen molar-refractivity contribution in [3.63, 3.8) is 0 Å². The van der Waals surface area contributed by atoms with Crippen molar-refractivity contribution in [2.75, 3.05) is 11.9 Å². The molecule has 23 heavy (non-hydrogen) atoms. The molecule has 7 nitrogen and oxygen atoms in total. The second-order valence-electron chi connectivity index (χ2n) is 5.29. The first kappa shape index (κ1) is 16.4. The van der Waals surface area contributed by atoms with Crippen LogP contribution < -0.4 is 10.1 Å². The number of carbonyl (C=O) groups is 1. The molecule has 0 spiro atoms. The molecule has 1 amide bonds. The highest BCUT2D eigenvalue weighted by atomic mass is 16.5. The number of nitrogens with zero attached hydrogens (tertiary/aromatic N) is 4. The number of pyridine rings is 1. The first-order chi connectivity index (χ1) is 11.1. The van der Waals surface area contributed by atoms with Crippen molar-refractivity contribution in [3.8, 4) is 11.9 Å². The van der Waals surface area contributed by atoms with E-state index in [0.29, 0.717) is 29.8 Å². The summed E-state index contributed by atoms with van der Waals surface area (Å²) in [4.78, 5) is 15.9. The molecule has 0 saturated carbocycles. The molecule has 0 radical (unpaired) electrons. The molecule has 1 N–H and O–H groups in total. The minimum Gasteiger partial charge on any atom is -0.477 e. The summed E-state index contributed by atoms with van der Waals surface area (Å²) in [5, 5.41) is 19.1. The predicted molar refractivity (Wildman–Crippen MR) is 83.9 cm³/mol. The van der Waals surface area contributed by atoms with Gasteiger partial charge >= 0.3 is 0 Å². The van der Waals surface area contributed by atoms with Crippen LogP contribution >= 0.6 is 0 Å². The lowest BCUT2D eigenvalue weighted by Crippen LogP contribution is -2.15. The van der Waals surface area contributed by atoms with Gasteiger partial charge in [0.05, 0.1) is 12.2 Å². The van der Waals surface area contributed by atoms with Gasteiger partial charge in [0, 0.05) is 12.3 Å². The molecule has 2 heterocycles. The van der Waals surface area contributed by atoms with Gasteiger partial charge in [-0.3, -0.25) is 4.79 Å². The summed E-state index contributed by atoms with van der Waals surface area (Å²) in [6.07, 6.45) is 2.27. The van der Waals surface area contributed by atoms with Crippen LogP contribution in [0.25, 0.3) is 0 Å². The molecule has 0 bridgehead atoms. The maximum absolute atomic E-state index is 12.0. The summed E-state index contributed by atoms with van der Waals surface area (Å²) in [6.45, 7) is 4.81. The summed E-state index contributed by atoms with van der Waals surface area (Å²) >= 11 is 0. The number of ether oxygens (including phenoxy) is 1. The molecule has 0 fully saturated rings. The molecule has 0 atom stereocenters. The molecular weight excluding hydrogens is 294 g/mol. The second-order valence-corrected chi connectivity index (χ2v) is 5.29.